The number of carboxylic acids is 1. The fraction of sp³-hybridized carbons (Fsp3) is 0.417. The lowest BCUT2D eigenvalue weighted by Gasteiger charge is -2.20. The van der Waals surface area contributed by atoms with E-state index in [0.29, 0.717) is 6.42 Å². The highest BCUT2D eigenvalue weighted by molar-refractivity contribution is 7.18. The van der Waals surface area contributed by atoms with Gasteiger partial charge in [0.2, 0.25) is 0 Å². The van der Waals surface area contributed by atoms with E-state index in [0.717, 1.165) is 15.4 Å². The lowest BCUT2D eigenvalue weighted by Crippen LogP contribution is -2.19. The van der Waals surface area contributed by atoms with Crippen LogP contribution < -0.4 is 0 Å². The molecule has 0 aliphatic heterocycles. The van der Waals surface area contributed by atoms with Crippen LogP contribution in [0.3, 0.4) is 0 Å². The summed E-state index contributed by atoms with van der Waals surface area (Å²) >= 11 is 1.54. The molecule has 0 aliphatic carbocycles. The van der Waals surface area contributed by atoms with Crippen LogP contribution in [0.15, 0.2) is 18.3 Å². The number of nitrogens with zero attached hydrogens (tertiary/aromatic N) is 2. The number of hydrogen-bond donors (Lipinski definition) is 1. The summed E-state index contributed by atoms with van der Waals surface area (Å²) in [5.74, 6) is -0.769. The van der Waals surface area contributed by atoms with Crippen LogP contribution in [0.5, 0.6) is 0 Å². The molecule has 90 valence electrons. The molecule has 2 heterocycles. The van der Waals surface area contributed by atoms with Gasteiger partial charge in [0.05, 0.1) is 11.4 Å². The quantitative estimate of drug-likeness (QED) is 0.906. The summed E-state index contributed by atoms with van der Waals surface area (Å²) in [6.07, 6.45) is 2.56. The Labute approximate surface area is 103 Å². The van der Waals surface area contributed by atoms with Gasteiger partial charge in [-0.05, 0) is 17.5 Å². The molecule has 0 atom stereocenters. The van der Waals surface area contributed by atoms with E-state index in [1.54, 1.807) is 6.20 Å². The first-order valence-corrected chi connectivity index (χ1v) is 6.20. The first kappa shape index (κ1) is 12.0. The van der Waals surface area contributed by atoms with Crippen LogP contribution in [0.4, 0.5) is 0 Å². The van der Waals surface area contributed by atoms with E-state index in [1.807, 2.05) is 26.0 Å². The first-order chi connectivity index (χ1) is 7.96. The van der Waals surface area contributed by atoms with Gasteiger partial charge in [0.15, 0.2) is 0 Å². The Bertz CT molecular complexity index is 515. The van der Waals surface area contributed by atoms with Gasteiger partial charge in [-0.2, -0.15) is 0 Å². The minimum atomic E-state index is -0.769. The maximum absolute atomic E-state index is 10.7. The number of aromatic nitrogens is 2. The smallest absolute Gasteiger partial charge is 0.303 e. The summed E-state index contributed by atoms with van der Waals surface area (Å²) in [6, 6.07) is 3.78. The highest BCUT2D eigenvalue weighted by atomic mass is 32.1. The summed E-state index contributed by atoms with van der Waals surface area (Å²) < 4.78 is 0. The molecule has 2 aromatic rings. The molecule has 0 radical (unpaired) electrons. The van der Waals surface area contributed by atoms with Crippen molar-refractivity contribution in [3.05, 3.63) is 23.3 Å². The van der Waals surface area contributed by atoms with Crippen LogP contribution in [-0.4, -0.2) is 21.0 Å². The normalized spacial score (nSPS) is 11.9. The Morgan fingerprint density at radius 2 is 2.29 bits per heavy atom. The topological polar surface area (TPSA) is 63.1 Å². The highest BCUT2D eigenvalue weighted by Crippen LogP contribution is 2.29. The molecule has 17 heavy (non-hydrogen) atoms. The summed E-state index contributed by atoms with van der Waals surface area (Å²) in [6.45, 7) is 3.89. The van der Waals surface area contributed by atoms with Crippen molar-refractivity contribution in [3.8, 4) is 0 Å². The monoisotopic (exact) mass is 250 g/mol. The van der Waals surface area contributed by atoms with Crippen LogP contribution in [0.25, 0.3) is 10.3 Å². The number of fused-ring (bicyclic) bond motifs is 1. The van der Waals surface area contributed by atoms with Gasteiger partial charge in [0.1, 0.15) is 10.3 Å². The third-order valence-electron chi connectivity index (χ3n) is 2.47. The molecular weight excluding hydrogens is 236 g/mol. The molecule has 2 aromatic heterocycles. The van der Waals surface area contributed by atoms with Crippen molar-refractivity contribution in [2.24, 2.45) is 5.41 Å². The van der Waals surface area contributed by atoms with Gasteiger partial charge in [0, 0.05) is 12.6 Å². The number of carbonyl (C=O) groups is 1. The minimum absolute atomic E-state index is 0.149. The number of thiazole rings is 1. The molecule has 0 bridgehead atoms. The predicted octanol–water partition coefficient (Wildman–Crippen LogP) is 2.73. The average molecular weight is 250 g/mol. The first-order valence-electron chi connectivity index (χ1n) is 5.38. The van der Waals surface area contributed by atoms with Crippen LogP contribution in [0.1, 0.15) is 25.3 Å². The van der Waals surface area contributed by atoms with Crippen molar-refractivity contribution in [2.75, 3.05) is 0 Å². The number of rotatable bonds is 4. The lowest BCUT2D eigenvalue weighted by atomic mass is 9.86. The number of carboxylic acid groups (broad SMARTS) is 1. The molecule has 0 amide bonds. The van der Waals surface area contributed by atoms with Crippen molar-refractivity contribution in [1.82, 2.24) is 9.97 Å². The molecule has 0 fully saturated rings. The van der Waals surface area contributed by atoms with E-state index >= 15 is 0 Å². The molecule has 0 unspecified atom stereocenters. The zero-order valence-corrected chi connectivity index (χ0v) is 10.6. The fourth-order valence-corrected chi connectivity index (χ4v) is 2.93. The SMILES string of the molecule is CC(C)(CC(=O)O)Cc1nc2cccnc2s1. The van der Waals surface area contributed by atoms with Crippen molar-refractivity contribution in [1.29, 1.82) is 0 Å². The largest absolute Gasteiger partial charge is 0.481 e. The Kier molecular flexibility index (Phi) is 3.11. The summed E-state index contributed by atoms with van der Waals surface area (Å²) in [5, 5.41) is 9.79. The molecule has 0 aliphatic rings. The molecule has 0 saturated carbocycles. The van der Waals surface area contributed by atoms with E-state index in [2.05, 4.69) is 9.97 Å². The fourth-order valence-electron chi connectivity index (χ4n) is 1.77. The standard InChI is InChI=1S/C12H14N2O2S/c1-12(2,7-10(15)16)6-9-14-8-4-3-5-13-11(8)17-9/h3-5H,6-7H2,1-2H3,(H,15,16). The summed E-state index contributed by atoms with van der Waals surface area (Å²) in [4.78, 5) is 20.4. The van der Waals surface area contributed by atoms with Gasteiger partial charge < -0.3 is 5.11 Å². The van der Waals surface area contributed by atoms with Gasteiger partial charge in [0.25, 0.3) is 0 Å². The highest BCUT2D eigenvalue weighted by Gasteiger charge is 2.24. The third kappa shape index (κ3) is 3.00. The third-order valence-corrected chi connectivity index (χ3v) is 3.45. The molecule has 0 aromatic carbocycles. The van der Waals surface area contributed by atoms with Crippen molar-refractivity contribution >= 4 is 27.7 Å². The number of aliphatic carboxylic acids is 1. The zero-order chi connectivity index (χ0) is 12.5. The second-order valence-electron chi connectivity index (χ2n) is 4.85. The Morgan fingerprint density at radius 1 is 1.53 bits per heavy atom. The second-order valence-corrected chi connectivity index (χ2v) is 5.91. The van der Waals surface area contributed by atoms with E-state index in [9.17, 15) is 4.79 Å². The second kappa shape index (κ2) is 4.41. The van der Waals surface area contributed by atoms with Crippen LogP contribution in [0.2, 0.25) is 0 Å². The Balaban J connectivity index is 2.20. The average Bonchev–Trinajstić information content (AvgIpc) is 2.55. The molecular formula is C12H14N2O2S. The number of pyridine rings is 1. The Morgan fingerprint density at radius 3 is 2.94 bits per heavy atom. The molecule has 0 saturated heterocycles. The molecule has 0 spiro atoms. The van der Waals surface area contributed by atoms with Gasteiger partial charge in [-0.25, -0.2) is 9.97 Å². The van der Waals surface area contributed by atoms with Crippen molar-refractivity contribution < 1.29 is 9.90 Å². The maximum atomic E-state index is 10.7. The minimum Gasteiger partial charge on any atom is -0.481 e. The lowest BCUT2D eigenvalue weighted by molar-refractivity contribution is -0.139. The van der Waals surface area contributed by atoms with E-state index in [1.165, 1.54) is 11.3 Å². The van der Waals surface area contributed by atoms with E-state index in [-0.39, 0.29) is 11.8 Å². The summed E-state index contributed by atoms with van der Waals surface area (Å²) in [7, 11) is 0. The Hall–Kier alpha value is -1.49. The van der Waals surface area contributed by atoms with Crippen molar-refractivity contribution in [2.45, 2.75) is 26.7 Å². The van der Waals surface area contributed by atoms with Gasteiger partial charge in [-0.15, -0.1) is 0 Å². The molecule has 5 heteroatoms. The van der Waals surface area contributed by atoms with Gasteiger partial charge in [-0.1, -0.05) is 25.2 Å². The molecule has 1 N–H and O–H groups in total. The van der Waals surface area contributed by atoms with E-state index < -0.39 is 5.97 Å². The van der Waals surface area contributed by atoms with Gasteiger partial charge in [-0.3, -0.25) is 4.79 Å². The molecule has 4 nitrogen and oxygen atoms in total. The predicted molar refractivity (Wildman–Crippen MR) is 67.2 cm³/mol. The van der Waals surface area contributed by atoms with Gasteiger partial charge >= 0.3 is 5.97 Å². The van der Waals surface area contributed by atoms with Crippen LogP contribution in [0, 0.1) is 5.41 Å². The van der Waals surface area contributed by atoms with E-state index in [4.69, 9.17) is 5.11 Å². The number of hydrogen-bond acceptors (Lipinski definition) is 4. The van der Waals surface area contributed by atoms with Crippen LogP contribution >= 0.6 is 11.3 Å². The summed E-state index contributed by atoms with van der Waals surface area (Å²) in [5.41, 5.74) is 0.610. The van der Waals surface area contributed by atoms with Crippen LogP contribution in [-0.2, 0) is 11.2 Å². The maximum Gasteiger partial charge on any atom is 0.303 e. The zero-order valence-electron chi connectivity index (χ0n) is 9.80. The molecule has 2 rings (SSSR count). The van der Waals surface area contributed by atoms with Crippen molar-refractivity contribution in [3.63, 3.8) is 0 Å².